The third-order valence-electron chi connectivity index (χ3n) is 2.85. The van der Waals surface area contributed by atoms with Crippen molar-refractivity contribution in [2.45, 2.75) is 20.8 Å². The van der Waals surface area contributed by atoms with E-state index in [1.165, 1.54) is 0 Å². The van der Waals surface area contributed by atoms with Crippen LogP contribution in [0.25, 0.3) is 6.08 Å². The summed E-state index contributed by atoms with van der Waals surface area (Å²) in [4.78, 5) is 8.80. The van der Waals surface area contributed by atoms with Crippen LogP contribution in [0.1, 0.15) is 26.6 Å². The summed E-state index contributed by atoms with van der Waals surface area (Å²) in [6.07, 6.45) is 1.87. The summed E-state index contributed by atoms with van der Waals surface area (Å²) in [6, 6.07) is 9.82. The molecule has 0 radical (unpaired) electrons. The second kappa shape index (κ2) is 7.40. The van der Waals surface area contributed by atoms with Gasteiger partial charge in [0.15, 0.2) is 11.7 Å². The van der Waals surface area contributed by atoms with E-state index in [2.05, 4.69) is 20.4 Å². The molecule has 6 nitrogen and oxygen atoms in total. The Hall–Kier alpha value is -2.63. The highest BCUT2D eigenvalue weighted by Gasteiger charge is 2.05. The molecule has 2 aromatic rings. The second-order valence-corrected chi connectivity index (χ2v) is 4.76. The number of nitrogens with zero attached hydrogens (tertiary/aromatic N) is 4. The van der Waals surface area contributed by atoms with Crippen molar-refractivity contribution in [2.24, 2.45) is 12.0 Å². The first-order valence-electron chi connectivity index (χ1n) is 7.18. The first-order valence-corrected chi connectivity index (χ1v) is 7.18. The molecule has 1 aromatic carbocycles. The van der Waals surface area contributed by atoms with Crippen molar-refractivity contribution in [3.05, 3.63) is 41.9 Å². The fourth-order valence-electron chi connectivity index (χ4n) is 1.93. The minimum Gasteiger partial charge on any atom is -0.481 e. The van der Waals surface area contributed by atoms with Crippen molar-refractivity contribution < 1.29 is 4.74 Å². The molecule has 2 rings (SSSR count). The van der Waals surface area contributed by atoms with E-state index in [-0.39, 0.29) is 0 Å². The molecular weight excluding hydrogens is 278 g/mol. The molecule has 1 aromatic heterocycles. The van der Waals surface area contributed by atoms with Crippen LogP contribution in [0.3, 0.4) is 0 Å². The van der Waals surface area contributed by atoms with Gasteiger partial charge in [-0.25, -0.2) is 9.67 Å². The van der Waals surface area contributed by atoms with Crippen LogP contribution in [-0.4, -0.2) is 27.3 Å². The Kier molecular flexibility index (Phi) is 5.30. The van der Waals surface area contributed by atoms with Crippen LogP contribution >= 0.6 is 0 Å². The van der Waals surface area contributed by atoms with Crippen LogP contribution in [0.4, 0.5) is 11.6 Å². The van der Waals surface area contributed by atoms with Crippen LogP contribution < -0.4 is 5.32 Å². The lowest BCUT2D eigenvalue weighted by Gasteiger charge is -2.01. The zero-order valence-corrected chi connectivity index (χ0v) is 13.4. The molecule has 0 aliphatic carbocycles. The van der Waals surface area contributed by atoms with Gasteiger partial charge >= 0.3 is 0 Å². The predicted molar refractivity (Wildman–Crippen MR) is 89.1 cm³/mol. The zero-order valence-electron chi connectivity index (χ0n) is 13.4. The number of nitrogens with one attached hydrogen (secondary N) is 1. The van der Waals surface area contributed by atoms with Crippen LogP contribution in [0.15, 0.2) is 41.0 Å². The average Bonchev–Trinajstić information content (AvgIpc) is 2.79. The number of aliphatic imine (C=N–C) groups is 1. The van der Waals surface area contributed by atoms with Gasteiger partial charge in [-0.15, -0.1) is 5.10 Å². The number of anilines is 2. The van der Waals surface area contributed by atoms with Gasteiger partial charge in [0, 0.05) is 31.4 Å². The normalized spacial score (nSPS) is 12.4. The van der Waals surface area contributed by atoms with E-state index in [1.807, 2.05) is 64.2 Å². The molecule has 1 heterocycles. The zero-order chi connectivity index (χ0) is 15.9. The lowest BCUT2D eigenvalue weighted by Crippen LogP contribution is -1.99. The van der Waals surface area contributed by atoms with Gasteiger partial charge in [-0.2, -0.15) is 4.98 Å². The van der Waals surface area contributed by atoms with E-state index in [0.29, 0.717) is 18.5 Å². The molecule has 0 atom stereocenters. The minimum atomic E-state index is 0.554. The van der Waals surface area contributed by atoms with Crippen molar-refractivity contribution in [1.29, 1.82) is 0 Å². The predicted octanol–water partition coefficient (Wildman–Crippen LogP) is 3.37. The Balaban J connectivity index is 2.14. The first-order chi connectivity index (χ1) is 10.6. The van der Waals surface area contributed by atoms with Gasteiger partial charge in [0.25, 0.3) is 0 Å². The molecular formula is C16H21N5O. The molecule has 0 spiro atoms. The SMILES string of the molecule is CCOC(C)=N/C(C)=C\c1nc(Nc2ccccc2)nn1C. The maximum absolute atomic E-state index is 5.32. The fraction of sp³-hybridized carbons (Fsp3) is 0.312. The molecule has 116 valence electrons. The van der Waals surface area contributed by atoms with Gasteiger partial charge in [0.1, 0.15) is 0 Å². The van der Waals surface area contributed by atoms with E-state index >= 15 is 0 Å². The molecule has 0 amide bonds. The number of allylic oxidation sites excluding steroid dienone is 1. The number of hydrogen-bond donors (Lipinski definition) is 1. The molecule has 22 heavy (non-hydrogen) atoms. The van der Waals surface area contributed by atoms with Gasteiger partial charge in [-0.05, 0) is 26.0 Å². The van der Waals surface area contributed by atoms with Gasteiger partial charge in [0.05, 0.1) is 6.61 Å². The van der Waals surface area contributed by atoms with Crippen molar-refractivity contribution >= 4 is 23.6 Å². The number of rotatable bonds is 5. The Morgan fingerprint density at radius 3 is 2.73 bits per heavy atom. The minimum absolute atomic E-state index is 0.554. The third-order valence-corrected chi connectivity index (χ3v) is 2.85. The van der Waals surface area contributed by atoms with Crippen molar-refractivity contribution in [3.63, 3.8) is 0 Å². The molecule has 0 saturated heterocycles. The largest absolute Gasteiger partial charge is 0.481 e. The van der Waals surface area contributed by atoms with E-state index < -0.39 is 0 Å². The summed E-state index contributed by atoms with van der Waals surface area (Å²) in [7, 11) is 1.85. The summed E-state index contributed by atoms with van der Waals surface area (Å²) >= 11 is 0. The average molecular weight is 299 g/mol. The van der Waals surface area contributed by atoms with E-state index in [4.69, 9.17) is 4.74 Å². The Labute approximate surface area is 130 Å². The fourth-order valence-corrected chi connectivity index (χ4v) is 1.93. The lowest BCUT2D eigenvalue weighted by atomic mass is 10.3. The molecule has 0 aliphatic heterocycles. The first kappa shape index (κ1) is 15.8. The molecule has 1 N–H and O–H groups in total. The van der Waals surface area contributed by atoms with Crippen LogP contribution in [0, 0.1) is 0 Å². The summed E-state index contributed by atoms with van der Waals surface area (Å²) in [6.45, 7) is 6.28. The second-order valence-electron chi connectivity index (χ2n) is 4.76. The maximum Gasteiger partial charge on any atom is 0.247 e. The van der Waals surface area contributed by atoms with E-state index in [0.717, 1.165) is 17.2 Å². The van der Waals surface area contributed by atoms with Gasteiger partial charge in [-0.3, -0.25) is 0 Å². The quantitative estimate of drug-likeness (QED) is 0.679. The number of benzene rings is 1. The smallest absolute Gasteiger partial charge is 0.247 e. The molecule has 0 bridgehead atoms. The van der Waals surface area contributed by atoms with Crippen molar-refractivity contribution in [3.8, 4) is 0 Å². The van der Waals surface area contributed by atoms with E-state index in [1.54, 1.807) is 4.68 Å². The van der Waals surface area contributed by atoms with Crippen LogP contribution in [0.5, 0.6) is 0 Å². The van der Waals surface area contributed by atoms with Gasteiger partial charge in [0.2, 0.25) is 5.95 Å². The summed E-state index contributed by atoms with van der Waals surface area (Å²) < 4.78 is 7.03. The summed E-state index contributed by atoms with van der Waals surface area (Å²) in [5.41, 5.74) is 1.76. The van der Waals surface area contributed by atoms with Gasteiger partial charge in [-0.1, -0.05) is 18.2 Å². The number of aryl methyl sites for hydroxylation is 1. The Bertz CT molecular complexity index is 673. The Morgan fingerprint density at radius 2 is 2.05 bits per heavy atom. The molecule has 0 aliphatic rings. The van der Waals surface area contributed by atoms with Crippen molar-refractivity contribution in [1.82, 2.24) is 14.8 Å². The highest BCUT2D eigenvalue weighted by atomic mass is 16.5. The summed E-state index contributed by atoms with van der Waals surface area (Å²) in [5, 5.41) is 7.51. The lowest BCUT2D eigenvalue weighted by molar-refractivity contribution is 0.324. The van der Waals surface area contributed by atoms with Gasteiger partial charge < -0.3 is 10.1 Å². The van der Waals surface area contributed by atoms with E-state index in [9.17, 15) is 0 Å². The topological polar surface area (TPSA) is 64.3 Å². The molecule has 6 heteroatoms. The van der Waals surface area contributed by atoms with Crippen molar-refractivity contribution in [2.75, 3.05) is 11.9 Å². The number of hydrogen-bond acceptors (Lipinski definition) is 5. The molecule has 0 fully saturated rings. The van der Waals surface area contributed by atoms with Crippen LogP contribution in [0.2, 0.25) is 0 Å². The number of aromatic nitrogens is 3. The molecule has 0 saturated carbocycles. The highest BCUT2D eigenvalue weighted by Crippen LogP contribution is 2.14. The van der Waals surface area contributed by atoms with Crippen LogP contribution in [-0.2, 0) is 11.8 Å². The summed E-state index contributed by atoms with van der Waals surface area (Å²) in [5.74, 6) is 1.92. The maximum atomic E-state index is 5.32. The highest BCUT2D eigenvalue weighted by molar-refractivity contribution is 5.75. The standard InChI is InChI=1S/C16H21N5O/c1-5-22-13(3)17-12(2)11-15-19-16(20-21(15)4)18-14-9-7-6-8-10-14/h6-11H,5H2,1-4H3,(H,18,20)/b12-11-,17-13?. The number of para-hydroxylation sites is 1. The molecule has 0 unspecified atom stereocenters. The number of ether oxygens (including phenoxy) is 1. The third kappa shape index (κ3) is 4.44. The monoisotopic (exact) mass is 299 g/mol. The Morgan fingerprint density at radius 1 is 1.32 bits per heavy atom.